The van der Waals surface area contributed by atoms with Crippen LogP contribution in [0.2, 0.25) is 10.0 Å². The zero-order valence-corrected chi connectivity index (χ0v) is 15.8. The molecule has 0 aromatic heterocycles. The van der Waals surface area contributed by atoms with Crippen LogP contribution in [0.25, 0.3) is 0 Å². The van der Waals surface area contributed by atoms with Crippen LogP contribution in [0.1, 0.15) is 0 Å². The average molecular weight is 403 g/mol. The second kappa shape index (κ2) is 8.05. The van der Waals surface area contributed by atoms with Gasteiger partial charge in [0.1, 0.15) is 5.75 Å². The number of carbonyl (C=O) groups excluding carboxylic acids is 1. The summed E-state index contributed by atoms with van der Waals surface area (Å²) in [6.07, 6.45) is 0. The summed E-state index contributed by atoms with van der Waals surface area (Å²) in [6.45, 7) is -0.261. The molecule has 0 aliphatic carbocycles. The molecule has 1 amide bonds. The van der Waals surface area contributed by atoms with Crippen LogP contribution in [-0.2, 0) is 14.8 Å². The molecule has 2 rings (SSSR count). The van der Waals surface area contributed by atoms with E-state index in [1.54, 1.807) is 24.3 Å². The maximum atomic E-state index is 12.1. The number of nitrogens with zero attached hydrogens (tertiary/aromatic N) is 1. The fourth-order valence-electron chi connectivity index (χ4n) is 1.86. The third-order valence-corrected chi connectivity index (χ3v) is 5.71. The quantitative estimate of drug-likeness (QED) is 0.804. The number of amides is 1. The van der Waals surface area contributed by atoms with Crippen LogP contribution in [0.3, 0.4) is 0 Å². The summed E-state index contributed by atoms with van der Waals surface area (Å²) in [6, 6.07) is 10.6. The minimum atomic E-state index is -3.58. The minimum absolute atomic E-state index is 0.0840. The summed E-state index contributed by atoms with van der Waals surface area (Å²) in [5.41, 5.74) is 0.352. The molecule has 25 heavy (non-hydrogen) atoms. The van der Waals surface area contributed by atoms with Gasteiger partial charge in [-0.15, -0.1) is 0 Å². The number of halogens is 2. The van der Waals surface area contributed by atoms with Gasteiger partial charge in [0.05, 0.1) is 14.9 Å². The Hall–Kier alpha value is -1.80. The average Bonchev–Trinajstić information content (AvgIpc) is 2.56. The van der Waals surface area contributed by atoms with E-state index in [9.17, 15) is 13.2 Å². The van der Waals surface area contributed by atoms with E-state index in [1.165, 1.54) is 32.3 Å². The van der Waals surface area contributed by atoms with Crippen molar-refractivity contribution < 1.29 is 17.9 Å². The maximum Gasteiger partial charge on any atom is 0.262 e. The highest BCUT2D eigenvalue weighted by atomic mass is 35.5. The van der Waals surface area contributed by atoms with Crippen molar-refractivity contribution in [2.45, 2.75) is 4.90 Å². The van der Waals surface area contributed by atoms with E-state index in [1.807, 2.05) is 0 Å². The summed E-state index contributed by atoms with van der Waals surface area (Å²) in [7, 11) is -0.703. The normalized spacial score (nSPS) is 11.4. The molecule has 2 aromatic carbocycles. The predicted octanol–water partition coefficient (Wildman–Crippen LogP) is 3.26. The number of nitrogens with one attached hydrogen (secondary N) is 1. The molecular weight excluding hydrogens is 387 g/mol. The number of hydrogen-bond donors (Lipinski definition) is 1. The lowest BCUT2D eigenvalue weighted by molar-refractivity contribution is -0.118. The molecule has 0 spiro atoms. The Morgan fingerprint density at radius 3 is 2.48 bits per heavy atom. The van der Waals surface area contributed by atoms with Crippen molar-refractivity contribution in [3.8, 4) is 5.75 Å². The van der Waals surface area contributed by atoms with Gasteiger partial charge in [0, 0.05) is 25.8 Å². The van der Waals surface area contributed by atoms with Gasteiger partial charge in [0.15, 0.2) is 6.61 Å². The fraction of sp³-hybridized carbons (Fsp3) is 0.188. The van der Waals surface area contributed by atoms with Gasteiger partial charge in [-0.1, -0.05) is 29.3 Å². The highest BCUT2D eigenvalue weighted by Crippen LogP contribution is 2.26. The molecule has 0 bridgehead atoms. The van der Waals surface area contributed by atoms with Crippen LogP contribution in [0.4, 0.5) is 5.69 Å². The van der Waals surface area contributed by atoms with Crippen molar-refractivity contribution in [3.05, 3.63) is 52.5 Å². The van der Waals surface area contributed by atoms with Crippen molar-refractivity contribution >= 4 is 44.8 Å². The van der Waals surface area contributed by atoms with Crippen LogP contribution in [-0.4, -0.2) is 39.3 Å². The van der Waals surface area contributed by atoms with Crippen molar-refractivity contribution in [3.63, 3.8) is 0 Å². The number of sulfonamides is 1. The first kappa shape index (κ1) is 19.5. The minimum Gasteiger partial charge on any atom is -0.484 e. The van der Waals surface area contributed by atoms with Crippen LogP contribution < -0.4 is 10.1 Å². The number of rotatable bonds is 6. The zero-order valence-electron chi connectivity index (χ0n) is 13.5. The van der Waals surface area contributed by atoms with Crippen molar-refractivity contribution in [2.24, 2.45) is 0 Å². The third kappa shape index (κ3) is 5.09. The summed E-state index contributed by atoms with van der Waals surface area (Å²) in [5, 5.41) is 3.29. The molecule has 0 aliphatic rings. The molecule has 0 radical (unpaired) electrons. The van der Waals surface area contributed by atoms with E-state index in [0.717, 1.165) is 4.31 Å². The van der Waals surface area contributed by atoms with Gasteiger partial charge in [-0.3, -0.25) is 4.79 Å². The zero-order chi connectivity index (χ0) is 18.6. The Morgan fingerprint density at radius 2 is 1.84 bits per heavy atom. The van der Waals surface area contributed by atoms with E-state index in [0.29, 0.717) is 21.5 Å². The second-order valence-corrected chi connectivity index (χ2v) is 8.19. The molecule has 0 unspecified atom stereocenters. The number of ether oxygens (including phenoxy) is 1. The first-order valence-electron chi connectivity index (χ1n) is 7.10. The molecule has 9 heteroatoms. The monoisotopic (exact) mass is 402 g/mol. The SMILES string of the molecule is CN(C)S(=O)(=O)c1cccc(NC(=O)COc2ccc(Cl)c(Cl)c2)c1. The fourth-order valence-corrected chi connectivity index (χ4v) is 3.09. The molecule has 0 heterocycles. The topological polar surface area (TPSA) is 75.7 Å². The first-order valence-corrected chi connectivity index (χ1v) is 9.30. The van der Waals surface area contributed by atoms with Gasteiger partial charge in [-0.05, 0) is 30.3 Å². The van der Waals surface area contributed by atoms with Crippen LogP contribution in [0.5, 0.6) is 5.75 Å². The lowest BCUT2D eigenvalue weighted by Gasteiger charge is -2.13. The number of benzene rings is 2. The molecule has 0 atom stereocenters. The molecule has 0 saturated carbocycles. The van der Waals surface area contributed by atoms with Gasteiger partial charge in [0.25, 0.3) is 5.91 Å². The number of carbonyl (C=O) groups is 1. The highest BCUT2D eigenvalue weighted by molar-refractivity contribution is 7.89. The number of hydrogen-bond acceptors (Lipinski definition) is 4. The Bertz CT molecular complexity index is 885. The number of anilines is 1. The second-order valence-electron chi connectivity index (χ2n) is 5.23. The summed E-state index contributed by atoms with van der Waals surface area (Å²) < 4.78 is 30.6. The Kier molecular flexibility index (Phi) is 6.29. The first-order chi connectivity index (χ1) is 11.7. The van der Waals surface area contributed by atoms with Crippen LogP contribution in [0.15, 0.2) is 47.4 Å². The molecule has 0 saturated heterocycles. The van der Waals surface area contributed by atoms with E-state index in [4.69, 9.17) is 27.9 Å². The van der Waals surface area contributed by atoms with Crippen LogP contribution in [0, 0.1) is 0 Å². The van der Waals surface area contributed by atoms with Crippen LogP contribution >= 0.6 is 23.2 Å². The smallest absolute Gasteiger partial charge is 0.262 e. The summed E-state index contributed by atoms with van der Waals surface area (Å²) >= 11 is 11.7. The maximum absolute atomic E-state index is 12.1. The van der Waals surface area contributed by atoms with Crippen molar-refractivity contribution in [1.82, 2.24) is 4.31 Å². The Labute approximate surface area is 156 Å². The van der Waals surface area contributed by atoms with Crippen molar-refractivity contribution in [1.29, 1.82) is 0 Å². The van der Waals surface area contributed by atoms with E-state index < -0.39 is 15.9 Å². The lowest BCUT2D eigenvalue weighted by Crippen LogP contribution is -2.23. The Morgan fingerprint density at radius 1 is 1.12 bits per heavy atom. The molecule has 134 valence electrons. The Balaban J connectivity index is 2.02. The highest BCUT2D eigenvalue weighted by Gasteiger charge is 2.17. The molecular formula is C16H16Cl2N2O4S. The molecule has 2 aromatic rings. The van der Waals surface area contributed by atoms with E-state index in [2.05, 4.69) is 5.32 Å². The largest absolute Gasteiger partial charge is 0.484 e. The standard InChI is InChI=1S/C16H16Cl2N2O4S/c1-20(2)25(22,23)13-5-3-4-11(8-13)19-16(21)10-24-12-6-7-14(17)15(18)9-12/h3-9H,10H2,1-2H3,(H,19,21). The summed E-state index contributed by atoms with van der Waals surface area (Å²) in [5.74, 6) is -0.0426. The van der Waals surface area contributed by atoms with Gasteiger partial charge >= 0.3 is 0 Å². The van der Waals surface area contributed by atoms with Gasteiger partial charge in [-0.2, -0.15) is 0 Å². The lowest BCUT2D eigenvalue weighted by atomic mass is 10.3. The molecule has 1 N–H and O–H groups in total. The third-order valence-electron chi connectivity index (χ3n) is 3.16. The van der Waals surface area contributed by atoms with Gasteiger partial charge in [-0.25, -0.2) is 12.7 Å². The van der Waals surface area contributed by atoms with Crippen molar-refractivity contribution in [2.75, 3.05) is 26.0 Å². The molecule has 6 nitrogen and oxygen atoms in total. The van der Waals surface area contributed by atoms with E-state index >= 15 is 0 Å². The molecule has 0 fully saturated rings. The van der Waals surface area contributed by atoms with Gasteiger partial charge in [0.2, 0.25) is 10.0 Å². The molecule has 0 aliphatic heterocycles. The van der Waals surface area contributed by atoms with E-state index in [-0.39, 0.29) is 11.5 Å². The predicted molar refractivity (Wildman–Crippen MR) is 97.9 cm³/mol. The summed E-state index contributed by atoms with van der Waals surface area (Å²) in [4.78, 5) is 12.1. The van der Waals surface area contributed by atoms with Gasteiger partial charge < -0.3 is 10.1 Å².